The third-order valence-corrected chi connectivity index (χ3v) is 9.08. The van der Waals surface area contributed by atoms with Crippen LogP contribution in [0.15, 0.2) is 115 Å². The third kappa shape index (κ3) is 2.42. The van der Waals surface area contributed by atoms with E-state index in [1.807, 2.05) is 0 Å². The molecule has 6 aromatic carbocycles. The molecule has 9 rings (SSSR count). The average Bonchev–Trinajstić information content (AvgIpc) is 3.54. The Hall–Kier alpha value is -4.62. The Bertz CT molecular complexity index is 2260. The molecule has 0 saturated heterocycles. The van der Waals surface area contributed by atoms with Crippen LogP contribution in [-0.4, -0.2) is 4.40 Å². The van der Waals surface area contributed by atoms with Gasteiger partial charge in [0.25, 0.3) is 0 Å². The molecule has 38 heavy (non-hydrogen) atoms. The molecule has 0 radical (unpaired) electrons. The Morgan fingerprint density at radius 3 is 2.03 bits per heavy atom. The zero-order valence-corrected chi connectivity index (χ0v) is 21.4. The number of hydrogen-bond donors (Lipinski definition) is 0. The van der Waals surface area contributed by atoms with E-state index in [1.165, 1.54) is 82.2 Å². The minimum Gasteiger partial charge on any atom is -0.308 e. The number of rotatable bonds is 1. The molecule has 0 bridgehead atoms. The van der Waals surface area contributed by atoms with Crippen LogP contribution in [-0.2, 0) is 5.41 Å². The van der Waals surface area contributed by atoms with Gasteiger partial charge >= 0.3 is 0 Å². The molecular weight excluding hydrogens is 458 g/mol. The Morgan fingerprint density at radius 1 is 0.474 bits per heavy atom. The van der Waals surface area contributed by atoms with Crippen molar-refractivity contribution in [3.05, 3.63) is 126 Å². The first-order chi connectivity index (χ1) is 18.6. The molecule has 1 nitrogen and oxygen atoms in total. The lowest BCUT2D eigenvalue weighted by atomic mass is 9.81. The molecule has 0 saturated carbocycles. The lowest BCUT2D eigenvalue weighted by Gasteiger charge is -2.22. The lowest BCUT2D eigenvalue weighted by Crippen LogP contribution is -2.14. The molecule has 0 fully saturated rings. The molecule has 8 aromatic rings. The van der Waals surface area contributed by atoms with Crippen LogP contribution in [0.3, 0.4) is 0 Å². The average molecular weight is 484 g/mol. The van der Waals surface area contributed by atoms with Crippen molar-refractivity contribution >= 4 is 48.9 Å². The second-order valence-electron chi connectivity index (χ2n) is 11.4. The van der Waals surface area contributed by atoms with E-state index in [4.69, 9.17) is 0 Å². The van der Waals surface area contributed by atoms with E-state index in [9.17, 15) is 0 Å². The predicted molar refractivity (Wildman–Crippen MR) is 162 cm³/mol. The van der Waals surface area contributed by atoms with Gasteiger partial charge in [-0.25, -0.2) is 0 Å². The summed E-state index contributed by atoms with van der Waals surface area (Å²) in [5.41, 5.74) is 12.0. The SMILES string of the molecule is CC1(C)c2ccccc2-c2ccc(-c3cc4c5ccccc5n5c6cc7ccccc7cc6c(c3)c45)cc21. The topological polar surface area (TPSA) is 4.41 Å². The largest absolute Gasteiger partial charge is 0.308 e. The number of aromatic nitrogens is 1. The van der Waals surface area contributed by atoms with Gasteiger partial charge in [-0.2, -0.15) is 0 Å². The Kier molecular flexibility index (Phi) is 3.67. The van der Waals surface area contributed by atoms with Crippen LogP contribution in [0.1, 0.15) is 25.0 Å². The van der Waals surface area contributed by atoms with Crippen LogP contribution < -0.4 is 0 Å². The molecule has 0 amide bonds. The van der Waals surface area contributed by atoms with Crippen molar-refractivity contribution in [2.75, 3.05) is 0 Å². The van der Waals surface area contributed by atoms with Gasteiger partial charge in [0.05, 0.1) is 16.6 Å². The number of nitrogens with zero attached hydrogens (tertiary/aromatic N) is 1. The first kappa shape index (κ1) is 20.4. The lowest BCUT2D eigenvalue weighted by molar-refractivity contribution is 0.660. The van der Waals surface area contributed by atoms with Gasteiger partial charge in [-0.1, -0.05) is 92.7 Å². The minimum atomic E-state index is -0.00956. The fourth-order valence-corrected chi connectivity index (χ4v) is 7.23. The van der Waals surface area contributed by atoms with Crippen molar-refractivity contribution in [3.63, 3.8) is 0 Å². The maximum absolute atomic E-state index is 2.48. The summed E-state index contributed by atoms with van der Waals surface area (Å²) in [6.07, 6.45) is 0. The van der Waals surface area contributed by atoms with Gasteiger partial charge in [-0.15, -0.1) is 0 Å². The fourth-order valence-electron chi connectivity index (χ4n) is 7.23. The summed E-state index contributed by atoms with van der Waals surface area (Å²) in [5.74, 6) is 0. The van der Waals surface area contributed by atoms with Crippen LogP contribution in [0.2, 0.25) is 0 Å². The molecule has 0 aliphatic heterocycles. The summed E-state index contributed by atoms with van der Waals surface area (Å²) < 4.78 is 2.48. The van der Waals surface area contributed by atoms with E-state index in [2.05, 4.69) is 134 Å². The second-order valence-corrected chi connectivity index (χ2v) is 11.4. The monoisotopic (exact) mass is 483 g/mol. The van der Waals surface area contributed by atoms with Gasteiger partial charge in [0, 0.05) is 27.0 Å². The third-order valence-electron chi connectivity index (χ3n) is 9.08. The quantitative estimate of drug-likeness (QED) is 0.219. The Balaban J connectivity index is 1.39. The molecule has 1 heteroatoms. The van der Waals surface area contributed by atoms with Crippen molar-refractivity contribution in [1.29, 1.82) is 0 Å². The maximum atomic E-state index is 2.48. The highest BCUT2D eigenvalue weighted by Gasteiger charge is 2.35. The summed E-state index contributed by atoms with van der Waals surface area (Å²) in [7, 11) is 0. The number of benzene rings is 6. The van der Waals surface area contributed by atoms with E-state index >= 15 is 0 Å². The van der Waals surface area contributed by atoms with Gasteiger partial charge in [0.2, 0.25) is 0 Å². The standard InChI is InChI=1S/C37H25N/c1-37(2)32-13-7-5-11-26(32)27-16-15-24(20-33(27)37)25-18-30-28-12-6-8-14-34(28)38-35-21-23-10-4-3-9-22(23)17-29(35)31(19-25)36(30)38/h3-21H,1-2H3. The molecule has 0 atom stereocenters. The van der Waals surface area contributed by atoms with Crippen LogP contribution in [0.25, 0.3) is 71.1 Å². The van der Waals surface area contributed by atoms with Gasteiger partial charge in [-0.3, -0.25) is 0 Å². The van der Waals surface area contributed by atoms with Gasteiger partial charge in [0.15, 0.2) is 0 Å². The van der Waals surface area contributed by atoms with E-state index in [-0.39, 0.29) is 5.41 Å². The maximum Gasteiger partial charge on any atom is 0.0620 e. The molecule has 1 aliphatic carbocycles. The Morgan fingerprint density at radius 2 is 1.16 bits per heavy atom. The Labute approximate surface area is 220 Å². The van der Waals surface area contributed by atoms with E-state index in [0.717, 1.165) is 0 Å². The van der Waals surface area contributed by atoms with Crippen LogP contribution in [0.4, 0.5) is 0 Å². The molecule has 0 unspecified atom stereocenters. The molecule has 178 valence electrons. The van der Waals surface area contributed by atoms with Crippen molar-refractivity contribution in [3.8, 4) is 22.3 Å². The van der Waals surface area contributed by atoms with Crippen molar-refractivity contribution in [2.45, 2.75) is 19.3 Å². The van der Waals surface area contributed by atoms with E-state index < -0.39 is 0 Å². The summed E-state index contributed by atoms with van der Waals surface area (Å²) in [5, 5.41) is 7.87. The smallest absolute Gasteiger partial charge is 0.0620 e. The van der Waals surface area contributed by atoms with Gasteiger partial charge < -0.3 is 4.40 Å². The number of hydrogen-bond acceptors (Lipinski definition) is 0. The summed E-state index contributed by atoms with van der Waals surface area (Å²) in [4.78, 5) is 0. The second kappa shape index (κ2) is 6.82. The van der Waals surface area contributed by atoms with Crippen molar-refractivity contribution in [2.24, 2.45) is 0 Å². The molecule has 0 N–H and O–H groups in total. The van der Waals surface area contributed by atoms with Crippen LogP contribution in [0.5, 0.6) is 0 Å². The normalized spacial score (nSPS) is 14.3. The summed E-state index contributed by atoms with van der Waals surface area (Å²) >= 11 is 0. The van der Waals surface area contributed by atoms with Crippen molar-refractivity contribution in [1.82, 2.24) is 4.40 Å². The van der Waals surface area contributed by atoms with E-state index in [0.29, 0.717) is 0 Å². The molecular formula is C37H25N. The van der Waals surface area contributed by atoms with Crippen LogP contribution in [0, 0.1) is 0 Å². The number of fused-ring (bicyclic) bond motifs is 10. The summed E-state index contributed by atoms with van der Waals surface area (Å²) in [6, 6.07) is 43.1. The molecule has 2 aromatic heterocycles. The van der Waals surface area contributed by atoms with Gasteiger partial charge in [-0.05, 0) is 80.6 Å². The predicted octanol–water partition coefficient (Wildman–Crippen LogP) is 9.96. The zero-order valence-electron chi connectivity index (χ0n) is 21.4. The number of para-hydroxylation sites is 1. The first-order valence-corrected chi connectivity index (χ1v) is 13.5. The highest BCUT2D eigenvalue weighted by molar-refractivity contribution is 6.25. The first-order valence-electron chi connectivity index (χ1n) is 13.5. The highest BCUT2D eigenvalue weighted by Crippen LogP contribution is 2.50. The fraction of sp³-hybridized carbons (Fsp3) is 0.0811. The van der Waals surface area contributed by atoms with Crippen LogP contribution >= 0.6 is 0 Å². The minimum absolute atomic E-state index is 0.00956. The summed E-state index contributed by atoms with van der Waals surface area (Å²) in [6.45, 7) is 4.72. The zero-order chi connectivity index (χ0) is 25.2. The molecule has 0 spiro atoms. The van der Waals surface area contributed by atoms with Crippen molar-refractivity contribution < 1.29 is 0 Å². The van der Waals surface area contributed by atoms with Gasteiger partial charge in [0.1, 0.15) is 0 Å². The van der Waals surface area contributed by atoms with E-state index in [1.54, 1.807) is 0 Å². The molecule has 2 heterocycles. The molecule has 1 aliphatic rings. The highest BCUT2D eigenvalue weighted by atomic mass is 14.9.